The Morgan fingerprint density at radius 3 is 2.20 bits per heavy atom. The number of benzene rings is 1. The first-order valence-electron chi connectivity index (χ1n) is 14.8. The Morgan fingerprint density at radius 2 is 1.55 bits per heavy atom. The van der Waals surface area contributed by atoms with E-state index in [0.717, 1.165) is 56.3 Å². The third kappa shape index (κ3) is 7.35. The van der Waals surface area contributed by atoms with Crippen molar-refractivity contribution in [1.29, 1.82) is 0 Å². The van der Waals surface area contributed by atoms with Crippen LogP contribution in [0.15, 0.2) is 35.5 Å². The number of imidazole rings is 1. The summed E-state index contributed by atoms with van der Waals surface area (Å²) in [5.41, 5.74) is 6.57. The molecule has 0 spiro atoms. The zero-order valence-corrected chi connectivity index (χ0v) is 26.6. The molecule has 4 N–H and O–H groups in total. The van der Waals surface area contributed by atoms with E-state index in [0.29, 0.717) is 42.2 Å². The summed E-state index contributed by atoms with van der Waals surface area (Å²) in [5, 5.41) is 7.01. The lowest BCUT2D eigenvalue weighted by Gasteiger charge is -2.32. The van der Waals surface area contributed by atoms with E-state index in [1.165, 1.54) is 23.2 Å². The second-order valence-corrected chi connectivity index (χ2v) is 13.7. The first kappa shape index (κ1) is 34.5. The number of nitrogens with one attached hydrogen (secondary N) is 2. The highest BCUT2D eigenvalue weighted by Gasteiger charge is 2.34. The molecule has 3 heterocycles. The van der Waals surface area contributed by atoms with E-state index in [9.17, 15) is 21.6 Å². The van der Waals surface area contributed by atoms with Crippen molar-refractivity contribution in [3.8, 4) is 0 Å². The summed E-state index contributed by atoms with van der Waals surface area (Å²) in [6.45, 7) is 0.350. The normalized spacial score (nSPS) is 22.4. The van der Waals surface area contributed by atoms with Crippen molar-refractivity contribution in [1.82, 2.24) is 23.8 Å². The van der Waals surface area contributed by atoms with Crippen LogP contribution in [0.25, 0.3) is 11.2 Å². The highest BCUT2D eigenvalue weighted by Crippen LogP contribution is 2.35. The zero-order chi connectivity index (χ0) is 29.5. The van der Waals surface area contributed by atoms with Gasteiger partial charge in [0, 0.05) is 37.3 Å². The molecule has 0 radical (unpaired) electrons. The predicted molar refractivity (Wildman–Crippen MR) is 168 cm³/mol. The summed E-state index contributed by atoms with van der Waals surface area (Å²) in [6.07, 6.45) is 6.49. The average molecular weight is 680 g/mol. The van der Waals surface area contributed by atoms with Crippen LogP contribution < -0.4 is 16.4 Å². The molecule has 1 aliphatic heterocycles. The van der Waals surface area contributed by atoms with E-state index in [-0.39, 0.29) is 60.9 Å². The second kappa shape index (κ2) is 13.9. The largest absolute Gasteiger partial charge is 0.416 e. The predicted octanol–water partition coefficient (Wildman–Crippen LogP) is 5.75. The first-order valence-corrected chi connectivity index (χ1v) is 16.2. The van der Waals surface area contributed by atoms with Gasteiger partial charge in [0.05, 0.1) is 16.8 Å². The number of hydrogen-bond acceptors (Lipinski definition) is 8. The highest BCUT2D eigenvalue weighted by atomic mass is 35.5. The van der Waals surface area contributed by atoms with Gasteiger partial charge in [0.15, 0.2) is 17.0 Å². The van der Waals surface area contributed by atoms with Gasteiger partial charge < -0.3 is 20.9 Å². The minimum atomic E-state index is -4.62. The number of rotatable bonds is 7. The average Bonchev–Trinajstić information content (AvgIpc) is 3.65. The SMILES string of the molecule is Cl.Cl.N[C@H]1CC[C@H](Nc2nc(NC3CCN(S(=O)(=O)c4cccc(C(F)(F)F)c4)CC3)c3ncn(C4CCCC4)c3n2)CC1. The molecule has 1 saturated heterocycles. The van der Waals surface area contributed by atoms with Gasteiger partial charge in [-0.05, 0) is 69.6 Å². The van der Waals surface area contributed by atoms with Gasteiger partial charge in [-0.25, -0.2) is 13.4 Å². The van der Waals surface area contributed by atoms with Crippen LogP contribution in [-0.2, 0) is 16.2 Å². The molecular weight excluding hydrogens is 640 g/mol. The molecule has 0 amide bonds. The van der Waals surface area contributed by atoms with Crippen molar-refractivity contribution in [2.24, 2.45) is 5.73 Å². The monoisotopic (exact) mass is 678 g/mol. The van der Waals surface area contributed by atoms with E-state index in [2.05, 4.69) is 20.2 Å². The molecule has 3 fully saturated rings. The highest BCUT2D eigenvalue weighted by molar-refractivity contribution is 7.89. The van der Waals surface area contributed by atoms with Gasteiger partial charge in [-0.2, -0.15) is 27.4 Å². The van der Waals surface area contributed by atoms with E-state index in [1.807, 2.05) is 6.33 Å². The zero-order valence-electron chi connectivity index (χ0n) is 24.2. The maximum atomic E-state index is 13.2. The van der Waals surface area contributed by atoms with Gasteiger partial charge in [0.1, 0.15) is 0 Å². The molecule has 2 aliphatic carbocycles. The number of alkyl halides is 3. The van der Waals surface area contributed by atoms with Gasteiger partial charge in [0.2, 0.25) is 16.0 Å². The molecule has 0 atom stereocenters. The van der Waals surface area contributed by atoms with Crippen molar-refractivity contribution < 1.29 is 21.6 Å². The van der Waals surface area contributed by atoms with Crippen LogP contribution >= 0.6 is 24.8 Å². The molecule has 1 aromatic carbocycles. The van der Waals surface area contributed by atoms with E-state index < -0.39 is 21.8 Å². The number of nitrogens with zero attached hydrogens (tertiary/aromatic N) is 5. The van der Waals surface area contributed by atoms with E-state index in [4.69, 9.17) is 15.7 Å². The molecule has 2 saturated carbocycles. The maximum absolute atomic E-state index is 13.2. The van der Waals surface area contributed by atoms with Crippen LogP contribution in [0, 0.1) is 0 Å². The fourth-order valence-corrected chi connectivity index (χ4v) is 7.91. The summed E-state index contributed by atoms with van der Waals surface area (Å²) in [7, 11) is -4.06. The fraction of sp³-hybridized carbons (Fsp3) is 0.607. The second-order valence-electron chi connectivity index (χ2n) is 11.8. The lowest BCUT2D eigenvalue weighted by atomic mass is 9.92. The molecule has 6 rings (SSSR count). The molecule has 16 heteroatoms. The lowest BCUT2D eigenvalue weighted by molar-refractivity contribution is -0.137. The Bertz CT molecular complexity index is 1520. The summed E-state index contributed by atoms with van der Waals surface area (Å²) in [4.78, 5) is 14.0. The lowest BCUT2D eigenvalue weighted by Crippen LogP contribution is -2.42. The van der Waals surface area contributed by atoms with Gasteiger partial charge in [-0.1, -0.05) is 18.9 Å². The number of anilines is 2. The summed E-state index contributed by atoms with van der Waals surface area (Å²) >= 11 is 0. The summed E-state index contributed by atoms with van der Waals surface area (Å²) < 4.78 is 69.3. The van der Waals surface area contributed by atoms with Gasteiger partial charge in [0.25, 0.3) is 0 Å². The number of halogens is 5. The Kier molecular flexibility index (Phi) is 10.9. The van der Waals surface area contributed by atoms with Gasteiger partial charge in [-0.15, -0.1) is 24.8 Å². The number of hydrogen-bond donors (Lipinski definition) is 3. The van der Waals surface area contributed by atoms with Crippen molar-refractivity contribution in [3.05, 3.63) is 36.2 Å². The number of aromatic nitrogens is 4. The maximum Gasteiger partial charge on any atom is 0.416 e. The molecule has 2 aromatic heterocycles. The topological polar surface area (TPSA) is 131 Å². The van der Waals surface area contributed by atoms with Crippen molar-refractivity contribution in [3.63, 3.8) is 0 Å². The quantitative estimate of drug-likeness (QED) is 0.288. The molecule has 44 heavy (non-hydrogen) atoms. The van der Waals surface area contributed by atoms with E-state index in [1.54, 1.807) is 0 Å². The summed E-state index contributed by atoms with van der Waals surface area (Å²) in [6, 6.07) is 4.64. The number of nitrogens with two attached hydrogens (primary N) is 1. The van der Waals surface area contributed by atoms with Crippen LogP contribution in [0.5, 0.6) is 0 Å². The van der Waals surface area contributed by atoms with Crippen LogP contribution in [0.3, 0.4) is 0 Å². The molecule has 3 aliphatic rings. The molecule has 0 unspecified atom stereocenters. The third-order valence-electron chi connectivity index (χ3n) is 8.84. The van der Waals surface area contributed by atoms with Crippen molar-refractivity contribution in [2.45, 2.75) is 99.4 Å². The number of piperidine rings is 1. The Morgan fingerprint density at radius 1 is 0.886 bits per heavy atom. The molecular formula is C28H39Cl2F3N8O2S. The standard InChI is InChI=1S/C28H37F3N8O2S.2ClH/c29-28(30,31)18-4-3-7-23(16-18)42(40,41)38-14-12-21(13-15-38)34-25-24-26(39(17-33-24)22-5-1-2-6-22)37-27(36-25)35-20-10-8-19(32)9-11-20;;/h3-4,7,16-17,19-22H,1-2,5-6,8-15,32H2,(H2,34,35,36,37);2*1H/t19-,20-;;. The third-order valence-corrected chi connectivity index (χ3v) is 10.7. The van der Waals surface area contributed by atoms with Crippen LogP contribution in [0.4, 0.5) is 24.9 Å². The van der Waals surface area contributed by atoms with Crippen LogP contribution in [0.1, 0.15) is 75.8 Å². The van der Waals surface area contributed by atoms with Gasteiger partial charge >= 0.3 is 6.18 Å². The van der Waals surface area contributed by atoms with Gasteiger partial charge in [-0.3, -0.25) is 0 Å². The minimum absolute atomic E-state index is 0. The van der Waals surface area contributed by atoms with Crippen molar-refractivity contribution in [2.75, 3.05) is 23.7 Å². The Hall–Kier alpha value is -2.39. The molecule has 0 bridgehead atoms. The molecule has 3 aromatic rings. The summed E-state index contributed by atoms with van der Waals surface area (Å²) in [5.74, 6) is 1.14. The molecule has 10 nitrogen and oxygen atoms in total. The molecule has 244 valence electrons. The van der Waals surface area contributed by atoms with Crippen LogP contribution in [-0.4, -0.2) is 63.5 Å². The number of fused-ring (bicyclic) bond motifs is 1. The van der Waals surface area contributed by atoms with E-state index >= 15 is 0 Å². The van der Waals surface area contributed by atoms with Crippen LogP contribution in [0.2, 0.25) is 0 Å². The van der Waals surface area contributed by atoms with Crippen molar-refractivity contribution >= 4 is 57.8 Å². The number of sulfonamides is 1. The Labute approximate surface area is 267 Å². The fourth-order valence-electron chi connectivity index (χ4n) is 6.39. The smallest absolute Gasteiger partial charge is 0.365 e. The Balaban J connectivity index is 0.00000221. The first-order chi connectivity index (χ1) is 20.1. The minimum Gasteiger partial charge on any atom is -0.365 e.